The van der Waals surface area contributed by atoms with E-state index >= 15 is 0 Å². The molecule has 1 rings (SSSR count). The summed E-state index contributed by atoms with van der Waals surface area (Å²) in [5, 5.41) is 0. The van der Waals surface area contributed by atoms with Crippen LogP contribution in [0.5, 0.6) is 11.5 Å². The van der Waals surface area contributed by atoms with Gasteiger partial charge in [-0.1, -0.05) is 19.9 Å². The summed E-state index contributed by atoms with van der Waals surface area (Å²) in [6.07, 6.45) is 3.01. The Kier molecular flexibility index (Phi) is 8.90. The van der Waals surface area contributed by atoms with E-state index in [4.69, 9.17) is 14.2 Å². The molecule has 0 bridgehead atoms. The molecule has 0 amide bonds. The van der Waals surface area contributed by atoms with Crippen LogP contribution in [0.15, 0.2) is 18.2 Å². The van der Waals surface area contributed by atoms with E-state index in [1.54, 1.807) is 14.2 Å². The second-order valence-electron chi connectivity index (χ2n) is 6.17. The number of hydrogen-bond acceptors (Lipinski definition) is 5. The van der Waals surface area contributed by atoms with Gasteiger partial charge in [0.25, 0.3) is 0 Å². The van der Waals surface area contributed by atoms with E-state index in [0.29, 0.717) is 36.7 Å². The van der Waals surface area contributed by atoms with E-state index in [1.807, 2.05) is 32.0 Å². The Balaban J connectivity index is 2.29. The highest BCUT2D eigenvalue weighted by molar-refractivity contribution is 5.82. The molecule has 0 radical (unpaired) electrons. The van der Waals surface area contributed by atoms with Crippen LogP contribution < -0.4 is 9.47 Å². The third-order valence-corrected chi connectivity index (χ3v) is 3.69. The minimum absolute atomic E-state index is 0.0478. The summed E-state index contributed by atoms with van der Waals surface area (Å²) >= 11 is 0. The summed E-state index contributed by atoms with van der Waals surface area (Å²) in [6.45, 7) is 3.97. The summed E-state index contributed by atoms with van der Waals surface area (Å²) in [4.78, 5) is 23.3. The lowest BCUT2D eigenvalue weighted by molar-refractivity contribution is -0.148. The number of ketones is 1. The first-order valence-corrected chi connectivity index (χ1v) is 8.34. The molecule has 0 spiro atoms. The molecule has 0 unspecified atom stereocenters. The van der Waals surface area contributed by atoms with Gasteiger partial charge in [0.1, 0.15) is 6.61 Å². The van der Waals surface area contributed by atoms with E-state index in [1.165, 1.54) is 0 Å². The van der Waals surface area contributed by atoms with Gasteiger partial charge in [-0.05, 0) is 42.9 Å². The van der Waals surface area contributed by atoms with Gasteiger partial charge in [0.05, 0.1) is 14.2 Å². The molecule has 0 fully saturated rings. The number of benzene rings is 1. The van der Waals surface area contributed by atoms with Crippen molar-refractivity contribution < 1.29 is 23.8 Å². The van der Waals surface area contributed by atoms with Crippen molar-refractivity contribution in [2.75, 3.05) is 20.8 Å². The topological polar surface area (TPSA) is 61.8 Å². The van der Waals surface area contributed by atoms with Crippen molar-refractivity contribution >= 4 is 11.8 Å². The third-order valence-electron chi connectivity index (χ3n) is 3.69. The molecule has 134 valence electrons. The third kappa shape index (κ3) is 7.49. The lowest BCUT2D eigenvalue weighted by atomic mass is 10.1. The summed E-state index contributed by atoms with van der Waals surface area (Å²) in [7, 11) is 3.19. The fourth-order valence-electron chi connectivity index (χ4n) is 2.24. The van der Waals surface area contributed by atoms with Gasteiger partial charge in [0.2, 0.25) is 0 Å². The van der Waals surface area contributed by atoms with E-state index in [-0.39, 0.29) is 18.4 Å². The quantitative estimate of drug-likeness (QED) is 0.578. The van der Waals surface area contributed by atoms with Crippen LogP contribution in [-0.2, 0) is 20.7 Å². The van der Waals surface area contributed by atoms with Crippen LogP contribution >= 0.6 is 0 Å². The molecule has 0 aromatic heterocycles. The number of rotatable bonds is 11. The SMILES string of the molecule is COc1ccc(CCCC(=O)COC(=O)CCC(C)C)cc1OC. The molecule has 1 aromatic carbocycles. The predicted octanol–water partition coefficient (Wildman–Crippen LogP) is 3.58. The van der Waals surface area contributed by atoms with Crippen molar-refractivity contribution in [3.63, 3.8) is 0 Å². The number of aryl methyl sites for hydroxylation is 1. The molecular weight excluding hydrogens is 308 g/mol. The first-order valence-electron chi connectivity index (χ1n) is 8.34. The molecule has 0 heterocycles. The summed E-state index contributed by atoms with van der Waals surface area (Å²) in [6, 6.07) is 5.72. The molecule has 5 nitrogen and oxygen atoms in total. The van der Waals surface area contributed by atoms with Crippen molar-refractivity contribution in [1.29, 1.82) is 0 Å². The van der Waals surface area contributed by atoms with Crippen LogP contribution in [0.1, 0.15) is 45.1 Å². The Bertz CT molecular complexity index is 537. The second kappa shape index (κ2) is 10.7. The number of carbonyl (C=O) groups excluding carboxylic acids is 2. The average molecular weight is 336 g/mol. The fraction of sp³-hybridized carbons (Fsp3) is 0.579. The highest BCUT2D eigenvalue weighted by atomic mass is 16.5. The van der Waals surface area contributed by atoms with Crippen LogP contribution in [0.2, 0.25) is 0 Å². The van der Waals surface area contributed by atoms with Crippen molar-refractivity contribution in [3.05, 3.63) is 23.8 Å². The highest BCUT2D eigenvalue weighted by Gasteiger charge is 2.09. The molecule has 0 aliphatic rings. The molecule has 0 N–H and O–H groups in total. The van der Waals surface area contributed by atoms with Gasteiger partial charge in [-0.3, -0.25) is 9.59 Å². The average Bonchev–Trinajstić information content (AvgIpc) is 2.57. The summed E-state index contributed by atoms with van der Waals surface area (Å²) in [5.74, 6) is 1.48. The minimum atomic E-state index is -0.294. The van der Waals surface area contributed by atoms with Gasteiger partial charge in [-0.2, -0.15) is 0 Å². The van der Waals surface area contributed by atoms with E-state index in [0.717, 1.165) is 18.4 Å². The van der Waals surface area contributed by atoms with Crippen LogP contribution in [0.3, 0.4) is 0 Å². The number of ether oxygens (including phenoxy) is 3. The first-order chi connectivity index (χ1) is 11.5. The van der Waals surface area contributed by atoms with Gasteiger partial charge in [-0.15, -0.1) is 0 Å². The number of methoxy groups -OCH3 is 2. The number of carbonyl (C=O) groups is 2. The lowest BCUT2D eigenvalue weighted by Gasteiger charge is -2.09. The standard InChI is InChI=1S/C19H28O5/c1-14(2)8-11-19(21)24-13-16(20)7-5-6-15-9-10-17(22-3)18(12-15)23-4/h9-10,12,14H,5-8,11,13H2,1-4H3. The van der Waals surface area contributed by atoms with Crippen molar-refractivity contribution in [1.82, 2.24) is 0 Å². The Morgan fingerprint density at radius 3 is 2.38 bits per heavy atom. The molecule has 24 heavy (non-hydrogen) atoms. The van der Waals surface area contributed by atoms with Gasteiger partial charge in [0.15, 0.2) is 17.3 Å². The Morgan fingerprint density at radius 2 is 1.75 bits per heavy atom. The summed E-state index contributed by atoms with van der Waals surface area (Å²) < 4.78 is 15.5. The molecule has 0 saturated carbocycles. The monoisotopic (exact) mass is 336 g/mol. The molecular formula is C19H28O5. The first kappa shape index (κ1) is 20.0. The number of esters is 1. The van der Waals surface area contributed by atoms with E-state index in [2.05, 4.69) is 0 Å². The maximum absolute atomic E-state index is 11.8. The predicted molar refractivity (Wildman–Crippen MR) is 92.5 cm³/mol. The van der Waals surface area contributed by atoms with E-state index in [9.17, 15) is 9.59 Å². The van der Waals surface area contributed by atoms with Gasteiger partial charge < -0.3 is 14.2 Å². The lowest BCUT2D eigenvalue weighted by Crippen LogP contribution is -2.14. The van der Waals surface area contributed by atoms with Crippen LogP contribution in [-0.4, -0.2) is 32.6 Å². The maximum atomic E-state index is 11.8. The van der Waals surface area contributed by atoms with Crippen LogP contribution in [0.4, 0.5) is 0 Å². The Hall–Kier alpha value is -2.04. The van der Waals surface area contributed by atoms with E-state index < -0.39 is 0 Å². The normalized spacial score (nSPS) is 10.5. The van der Waals surface area contributed by atoms with Gasteiger partial charge in [-0.25, -0.2) is 0 Å². The Morgan fingerprint density at radius 1 is 1.04 bits per heavy atom. The maximum Gasteiger partial charge on any atom is 0.306 e. The molecule has 0 aliphatic carbocycles. The fourth-order valence-corrected chi connectivity index (χ4v) is 2.24. The highest BCUT2D eigenvalue weighted by Crippen LogP contribution is 2.28. The smallest absolute Gasteiger partial charge is 0.306 e. The second-order valence-corrected chi connectivity index (χ2v) is 6.17. The van der Waals surface area contributed by atoms with Crippen molar-refractivity contribution in [2.45, 2.75) is 46.0 Å². The number of Topliss-reactive ketones (excluding diaryl/α,β-unsaturated/α-hetero) is 1. The van der Waals surface area contributed by atoms with Crippen molar-refractivity contribution in [2.24, 2.45) is 5.92 Å². The molecule has 5 heteroatoms. The minimum Gasteiger partial charge on any atom is -0.493 e. The molecule has 0 atom stereocenters. The van der Waals surface area contributed by atoms with Crippen LogP contribution in [0.25, 0.3) is 0 Å². The molecule has 1 aromatic rings. The Labute approximate surface area is 144 Å². The molecule has 0 aliphatic heterocycles. The van der Waals surface area contributed by atoms with Crippen molar-refractivity contribution in [3.8, 4) is 11.5 Å². The molecule has 0 saturated heterocycles. The van der Waals surface area contributed by atoms with Crippen LogP contribution in [0, 0.1) is 5.92 Å². The van der Waals surface area contributed by atoms with Gasteiger partial charge in [0, 0.05) is 12.8 Å². The zero-order chi connectivity index (χ0) is 17.9. The summed E-state index contributed by atoms with van der Waals surface area (Å²) in [5.41, 5.74) is 1.08. The zero-order valence-electron chi connectivity index (χ0n) is 15.1. The zero-order valence-corrected chi connectivity index (χ0v) is 15.1. The van der Waals surface area contributed by atoms with Gasteiger partial charge >= 0.3 is 5.97 Å². The largest absolute Gasteiger partial charge is 0.493 e. The number of hydrogen-bond donors (Lipinski definition) is 0.